The number of carbonyl (C=O) groups is 4. The van der Waals surface area contributed by atoms with Crippen molar-refractivity contribution in [2.24, 2.45) is 0 Å². The maximum absolute atomic E-state index is 13.7. The highest BCUT2D eigenvalue weighted by molar-refractivity contribution is 7.87. The van der Waals surface area contributed by atoms with Gasteiger partial charge in [-0.15, -0.1) is 0 Å². The number of rotatable bonds is 16. The summed E-state index contributed by atoms with van der Waals surface area (Å²) in [4.78, 5) is 52.5. The molecule has 0 aliphatic carbocycles. The van der Waals surface area contributed by atoms with E-state index in [2.05, 4.69) is 21.3 Å². The number of thiocarbonyl (C=S) groups is 1. The Morgan fingerprint density at radius 1 is 0.392 bits per heavy atom. The molecule has 0 saturated heterocycles. The summed E-state index contributed by atoms with van der Waals surface area (Å²) in [7, 11) is -19.7. The Bertz CT molecular complexity index is 4410. The molecule has 0 spiro atoms. The zero-order valence-corrected chi connectivity index (χ0v) is 45.5. The van der Waals surface area contributed by atoms with E-state index in [0.29, 0.717) is 27.1 Å². The van der Waals surface area contributed by atoms with E-state index >= 15 is 0 Å². The molecule has 0 unspecified atom stereocenters. The lowest BCUT2D eigenvalue weighted by molar-refractivity contribution is 0.101. The first kappa shape index (κ1) is 57.1. The smallest absolute Gasteiger partial charge is 0.295 e. The van der Waals surface area contributed by atoms with Crippen molar-refractivity contribution in [3.8, 4) is 0 Å². The van der Waals surface area contributed by atoms with E-state index in [1.807, 2.05) is 0 Å². The first-order chi connectivity index (χ1) is 37.0. The first-order valence-electron chi connectivity index (χ1n) is 23.2. The van der Waals surface area contributed by atoms with E-state index in [0.717, 1.165) is 42.5 Å². The zero-order chi connectivity index (χ0) is 57.5. The number of nitrogens with one attached hydrogen (secondary N) is 4. The third-order valence-corrected chi connectivity index (χ3v) is 16.3. The second-order valence-corrected chi connectivity index (χ2v) is 24.3. The predicted octanol–water partition coefficient (Wildman–Crippen LogP) is 9.07. The summed E-state index contributed by atoms with van der Waals surface area (Å²) >= 11 is 5.77. The minimum Gasteiger partial charge on any atom is -0.322 e. The van der Waals surface area contributed by atoms with Gasteiger partial charge in [0, 0.05) is 72.9 Å². The molecule has 4 amide bonds. The van der Waals surface area contributed by atoms with Gasteiger partial charge in [-0.1, -0.05) is 60.7 Å². The van der Waals surface area contributed by atoms with Crippen molar-refractivity contribution in [3.63, 3.8) is 0 Å². The number of fused-ring (bicyclic) bond motifs is 2. The number of carbonyl (C=O) groups excluding carboxylic acids is 4. The second-order valence-electron chi connectivity index (χ2n) is 18.2. The van der Waals surface area contributed by atoms with Gasteiger partial charge in [0.2, 0.25) is 0 Å². The minimum atomic E-state index is -4.98. The van der Waals surface area contributed by atoms with E-state index in [4.69, 9.17) is 12.2 Å². The summed E-state index contributed by atoms with van der Waals surface area (Å²) in [6, 6.07) is 31.9. The van der Waals surface area contributed by atoms with Gasteiger partial charge < -0.3 is 21.3 Å². The zero-order valence-electron chi connectivity index (χ0n) is 41.4. The van der Waals surface area contributed by atoms with Gasteiger partial charge in [-0.25, -0.2) is 0 Å². The molecular weight excluding hydrogens is 1120 g/mol. The van der Waals surface area contributed by atoms with Crippen molar-refractivity contribution in [3.05, 3.63) is 190 Å². The fourth-order valence-corrected chi connectivity index (χ4v) is 12.0. The van der Waals surface area contributed by atoms with Crippen molar-refractivity contribution >= 4 is 125 Å². The standard InChI is InChI=1S/C54H44N4O16S5/c1-29-21-40-46(77(66,67)68)20-18-42(50(40)48(22-29)79(72,73)74)56-54(62)37-16-14-31(3)44(28-37)58-52(60)35-10-5-8-33(24-35)26-38(75)25-32-7-4-9-34(23-32)51(59)57-43-27-36(15-13-30(43)2)53(61)55-41-17-19-45(76(63,64)65)39-11-6-12-47(49(39)41)78(69,70)71/h4-24,27-28H,25-26H2,1-3H3,(H,55,61)(H,56,62)(H,57,59)(H,58,60)(H,63,64,65)(H,66,67,68)(H,69,70,71)(H,72,73,74). The van der Waals surface area contributed by atoms with Gasteiger partial charge in [-0.05, 0) is 140 Å². The lowest BCUT2D eigenvalue weighted by atomic mass is 10.0. The van der Waals surface area contributed by atoms with Gasteiger partial charge in [-0.2, -0.15) is 33.7 Å². The summed E-state index contributed by atoms with van der Waals surface area (Å²) in [6.07, 6.45) is 0.512. The number of hydrogen-bond donors (Lipinski definition) is 8. The van der Waals surface area contributed by atoms with Crippen molar-refractivity contribution < 1.29 is 71.1 Å². The average molecular weight is 1170 g/mol. The predicted molar refractivity (Wildman–Crippen MR) is 299 cm³/mol. The van der Waals surface area contributed by atoms with Gasteiger partial charge in [0.15, 0.2) is 0 Å². The summed E-state index contributed by atoms with van der Waals surface area (Å²) in [5.41, 5.74) is 3.32. The van der Waals surface area contributed by atoms with Crippen LogP contribution < -0.4 is 21.3 Å². The third-order valence-electron chi connectivity index (χ3n) is 12.4. The lowest BCUT2D eigenvalue weighted by Crippen LogP contribution is -2.17. The molecule has 8 N–H and O–H groups in total. The molecule has 0 bridgehead atoms. The molecule has 406 valence electrons. The molecule has 79 heavy (non-hydrogen) atoms. The van der Waals surface area contributed by atoms with Crippen LogP contribution in [0.25, 0.3) is 21.5 Å². The summed E-state index contributed by atoms with van der Waals surface area (Å²) in [5, 5.41) is 9.37. The molecule has 0 radical (unpaired) electrons. The molecule has 0 fully saturated rings. The van der Waals surface area contributed by atoms with Gasteiger partial charge in [-0.3, -0.25) is 37.4 Å². The fourth-order valence-electron chi connectivity index (χ4n) is 8.72. The van der Waals surface area contributed by atoms with E-state index in [-0.39, 0.29) is 85.0 Å². The van der Waals surface area contributed by atoms with Crippen LogP contribution in [-0.4, -0.2) is 80.4 Å². The Hall–Kier alpha value is -8.11. The number of anilines is 4. The van der Waals surface area contributed by atoms with Crippen LogP contribution in [0.5, 0.6) is 0 Å². The SMILES string of the molecule is Cc1cc(S(=O)(=O)O)c2c(NC(=O)c3ccc(C)c(NC(=O)c4cccc(CC(=S)Cc5cccc(C(=O)Nc6cc(C(=O)Nc7ccc(S(=O)(=O)O)c8cccc(S(=O)(=O)O)c78)ccc6C)c5)c4)c3)ccc(S(=O)(=O)O)c2c1. The van der Waals surface area contributed by atoms with Crippen LogP contribution in [0.3, 0.4) is 0 Å². The second kappa shape index (κ2) is 22.0. The molecule has 0 aliphatic rings. The molecule has 0 atom stereocenters. The first-order valence-corrected chi connectivity index (χ1v) is 29.3. The van der Waals surface area contributed by atoms with Gasteiger partial charge in [0.05, 0.1) is 11.4 Å². The Morgan fingerprint density at radius 2 is 0.772 bits per heavy atom. The maximum atomic E-state index is 13.7. The Kier molecular flexibility index (Phi) is 15.9. The molecular formula is C54H44N4O16S5. The Balaban J connectivity index is 0.925. The van der Waals surface area contributed by atoms with Crippen LogP contribution in [0.4, 0.5) is 22.7 Å². The van der Waals surface area contributed by atoms with Crippen molar-refractivity contribution in [2.45, 2.75) is 53.2 Å². The van der Waals surface area contributed by atoms with Crippen LogP contribution in [0, 0.1) is 20.8 Å². The van der Waals surface area contributed by atoms with Crippen LogP contribution in [0.1, 0.15) is 69.2 Å². The Morgan fingerprint density at radius 3 is 1.20 bits per heavy atom. The highest BCUT2D eigenvalue weighted by Gasteiger charge is 2.27. The van der Waals surface area contributed by atoms with Crippen LogP contribution in [0.2, 0.25) is 0 Å². The van der Waals surface area contributed by atoms with E-state index in [1.54, 1.807) is 74.5 Å². The van der Waals surface area contributed by atoms with E-state index < -0.39 is 83.7 Å². The number of hydrogen-bond acceptors (Lipinski definition) is 13. The molecule has 20 nitrogen and oxygen atoms in total. The molecule has 0 aromatic heterocycles. The van der Waals surface area contributed by atoms with Crippen molar-refractivity contribution in [2.75, 3.05) is 21.3 Å². The molecule has 8 aromatic rings. The minimum absolute atomic E-state index is 0.00215. The molecule has 25 heteroatoms. The quantitative estimate of drug-likeness (QED) is 0.0330. The topological polar surface area (TPSA) is 334 Å². The largest absolute Gasteiger partial charge is 0.322 e. The van der Waals surface area contributed by atoms with Crippen LogP contribution >= 0.6 is 12.2 Å². The van der Waals surface area contributed by atoms with Gasteiger partial charge in [0.25, 0.3) is 64.1 Å². The van der Waals surface area contributed by atoms with Gasteiger partial charge in [0.1, 0.15) is 19.6 Å². The fraction of sp³-hybridized carbons (Fsp3) is 0.0926. The van der Waals surface area contributed by atoms with Gasteiger partial charge >= 0.3 is 0 Å². The summed E-state index contributed by atoms with van der Waals surface area (Å²) in [6.45, 7) is 4.82. The number of aryl methyl sites for hydroxylation is 3. The van der Waals surface area contributed by atoms with E-state index in [9.17, 15) is 71.1 Å². The highest BCUT2D eigenvalue weighted by Crippen LogP contribution is 2.37. The Labute approximate surface area is 457 Å². The van der Waals surface area contributed by atoms with E-state index in [1.165, 1.54) is 43.3 Å². The van der Waals surface area contributed by atoms with Crippen LogP contribution in [-0.2, 0) is 53.3 Å². The number of benzene rings is 8. The van der Waals surface area contributed by atoms with Crippen LogP contribution in [0.15, 0.2) is 159 Å². The molecule has 0 heterocycles. The monoisotopic (exact) mass is 1160 g/mol. The molecule has 8 aromatic carbocycles. The molecule has 0 saturated carbocycles. The maximum Gasteiger partial charge on any atom is 0.295 e. The highest BCUT2D eigenvalue weighted by atomic mass is 32.2. The van der Waals surface area contributed by atoms with Crippen molar-refractivity contribution in [1.29, 1.82) is 0 Å². The number of amides is 4. The normalized spacial score (nSPS) is 12.0. The summed E-state index contributed by atoms with van der Waals surface area (Å²) < 4.78 is 138. The molecule has 0 aliphatic heterocycles. The summed E-state index contributed by atoms with van der Waals surface area (Å²) in [5.74, 6) is -2.67. The lowest BCUT2D eigenvalue weighted by Gasteiger charge is -2.16. The average Bonchev–Trinajstić information content (AvgIpc) is 3.41. The third kappa shape index (κ3) is 12.9. The van der Waals surface area contributed by atoms with Crippen molar-refractivity contribution in [1.82, 2.24) is 0 Å². The molecule has 8 rings (SSSR count).